The summed E-state index contributed by atoms with van der Waals surface area (Å²) in [6, 6.07) is 2.17. The minimum absolute atomic E-state index is 0.244. The Balaban J connectivity index is 2.07. The Bertz CT molecular complexity index is 349. The molecule has 2 atom stereocenters. The van der Waals surface area contributed by atoms with Crippen molar-refractivity contribution in [2.45, 2.75) is 45.3 Å². The van der Waals surface area contributed by atoms with Crippen LogP contribution in [0.3, 0.4) is 0 Å². The van der Waals surface area contributed by atoms with Crippen LogP contribution in [0.15, 0.2) is 11.4 Å². The van der Waals surface area contributed by atoms with E-state index in [-0.39, 0.29) is 11.6 Å². The van der Waals surface area contributed by atoms with Gasteiger partial charge in [-0.05, 0) is 43.7 Å². The number of hydrogen-bond acceptors (Lipinski definition) is 3. The molecule has 1 saturated heterocycles. The molecular formula is C13H21NOS. The lowest BCUT2D eigenvalue weighted by Crippen LogP contribution is -2.42. The molecule has 1 aliphatic heterocycles. The molecule has 0 amide bonds. The second kappa shape index (κ2) is 4.86. The first-order chi connectivity index (χ1) is 7.64. The van der Waals surface area contributed by atoms with Crippen molar-refractivity contribution >= 4 is 11.3 Å². The Morgan fingerprint density at radius 1 is 1.62 bits per heavy atom. The maximum absolute atomic E-state index is 5.97. The zero-order chi connectivity index (χ0) is 11.6. The second-order valence-corrected chi connectivity index (χ2v) is 5.82. The standard InChI is InChI=1S/C13H21NOS/c1-4-13(3)6-7-15-11(9-14-13)12-10(2)5-8-16-12/h5,8,11,14H,4,6-7,9H2,1-3H3. The largest absolute Gasteiger partial charge is 0.371 e. The lowest BCUT2D eigenvalue weighted by atomic mass is 9.95. The highest BCUT2D eigenvalue weighted by Gasteiger charge is 2.28. The maximum atomic E-state index is 5.97. The van der Waals surface area contributed by atoms with Crippen molar-refractivity contribution in [3.63, 3.8) is 0 Å². The minimum atomic E-state index is 0.244. The van der Waals surface area contributed by atoms with Crippen LogP contribution in [-0.4, -0.2) is 18.7 Å². The molecule has 1 fully saturated rings. The van der Waals surface area contributed by atoms with Gasteiger partial charge in [-0.3, -0.25) is 0 Å². The predicted octanol–water partition coefficient (Wildman–Crippen LogP) is 3.28. The molecule has 0 aliphatic carbocycles. The van der Waals surface area contributed by atoms with Gasteiger partial charge < -0.3 is 10.1 Å². The van der Waals surface area contributed by atoms with Crippen LogP contribution in [0, 0.1) is 6.92 Å². The molecule has 2 rings (SSSR count). The fraction of sp³-hybridized carbons (Fsp3) is 0.692. The summed E-state index contributed by atoms with van der Waals surface area (Å²) in [6.45, 7) is 8.49. The summed E-state index contributed by atoms with van der Waals surface area (Å²) in [7, 11) is 0. The molecule has 0 saturated carbocycles. The highest BCUT2D eigenvalue weighted by atomic mass is 32.1. The summed E-state index contributed by atoms with van der Waals surface area (Å²) in [5.74, 6) is 0. The van der Waals surface area contributed by atoms with E-state index in [4.69, 9.17) is 4.74 Å². The van der Waals surface area contributed by atoms with Crippen LogP contribution in [0.2, 0.25) is 0 Å². The van der Waals surface area contributed by atoms with Crippen LogP contribution in [0.25, 0.3) is 0 Å². The molecule has 2 heterocycles. The summed E-state index contributed by atoms with van der Waals surface area (Å²) in [5, 5.41) is 5.81. The van der Waals surface area contributed by atoms with E-state index in [0.29, 0.717) is 0 Å². The molecule has 0 spiro atoms. The molecule has 0 aromatic carbocycles. The van der Waals surface area contributed by atoms with Crippen molar-refractivity contribution in [1.82, 2.24) is 5.32 Å². The molecule has 0 bridgehead atoms. The Morgan fingerprint density at radius 3 is 3.06 bits per heavy atom. The number of aryl methyl sites for hydroxylation is 1. The average molecular weight is 239 g/mol. The first-order valence-corrected chi connectivity index (χ1v) is 6.93. The number of thiophene rings is 1. The van der Waals surface area contributed by atoms with E-state index in [2.05, 4.69) is 37.5 Å². The van der Waals surface area contributed by atoms with Crippen molar-refractivity contribution < 1.29 is 4.74 Å². The van der Waals surface area contributed by atoms with Gasteiger partial charge in [0.2, 0.25) is 0 Å². The predicted molar refractivity (Wildman–Crippen MR) is 69.1 cm³/mol. The molecule has 1 aromatic rings. The molecule has 90 valence electrons. The summed E-state index contributed by atoms with van der Waals surface area (Å²) in [4.78, 5) is 1.38. The van der Waals surface area contributed by atoms with Gasteiger partial charge in [-0.25, -0.2) is 0 Å². The van der Waals surface area contributed by atoms with Gasteiger partial charge in [0.05, 0.1) is 0 Å². The number of hydrogen-bond donors (Lipinski definition) is 1. The molecule has 1 aromatic heterocycles. The van der Waals surface area contributed by atoms with Gasteiger partial charge in [-0.2, -0.15) is 0 Å². The maximum Gasteiger partial charge on any atom is 0.104 e. The highest BCUT2D eigenvalue weighted by molar-refractivity contribution is 7.10. The smallest absolute Gasteiger partial charge is 0.104 e. The van der Waals surface area contributed by atoms with E-state index in [1.165, 1.54) is 10.4 Å². The minimum Gasteiger partial charge on any atom is -0.371 e. The third-order valence-corrected chi connectivity index (χ3v) is 4.77. The van der Waals surface area contributed by atoms with Crippen LogP contribution >= 0.6 is 11.3 Å². The van der Waals surface area contributed by atoms with Crippen molar-refractivity contribution in [2.75, 3.05) is 13.2 Å². The SMILES string of the molecule is CCC1(C)CCOC(c2sccc2C)CN1. The van der Waals surface area contributed by atoms with Gasteiger partial charge in [0.15, 0.2) is 0 Å². The fourth-order valence-electron chi connectivity index (χ4n) is 2.10. The van der Waals surface area contributed by atoms with Crippen molar-refractivity contribution in [1.29, 1.82) is 0 Å². The molecule has 2 unspecified atom stereocenters. The van der Waals surface area contributed by atoms with Crippen LogP contribution in [0.5, 0.6) is 0 Å². The summed E-state index contributed by atoms with van der Waals surface area (Å²) < 4.78 is 5.97. The quantitative estimate of drug-likeness (QED) is 0.855. The van der Waals surface area contributed by atoms with Crippen LogP contribution in [-0.2, 0) is 4.74 Å². The van der Waals surface area contributed by atoms with Gasteiger partial charge >= 0.3 is 0 Å². The van der Waals surface area contributed by atoms with Crippen LogP contribution in [0.1, 0.15) is 43.2 Å². The van der Waals surface area contributed by atoms with Gasteiger partial charge in [0, 0.05) is 23.6 Å². The summed E-state index contributed by atoms with van der Waals surface area (Å²) in [6.07, 6.45) is 2.50. The lowest BCUT2D eigenvalue weighted by molar-refractivity contribution is 0.0673. The average Bonchev–Trinajstić information content (AvgIpc) is 2.59. The number of nitrogens with one attached hydrogen (secondary N) is 1. The zero-order valence-corrected chi connectivity index (χ0v) is 11.2. The third-order valence-electron chi connectivity index (χ3n) is 3.66. The van der Waals surface area contributed by atoms with Gasteiger partial charge in [0.25, 0.3) is 0 Å². The summed E-state index contributed by atoms with van der Waals surface area (Å²) in [5.41, 5.74) is 1.61. The monoisotopic (exact) mass is 239 g/mol. The van der Waals surface area contributed by atoms with E-state index < -0.39 is 0 Å². The lowest BCUT2D eigenvalue weighted by Gasteiger charge is -2.27. The number of rotatable bonds is 2. The zero-order valence-electron chi connectivity index (χ0n) is 10.4. The van der Waals surface area contributed by atoms with Gasteiger partial charge in [0.1, 0.15) is 6.10 Å². The topological polar surface area (TPSA) is 21.3 Å². The second-order valence-electron chi connectivity index (χ2n) is 4.87. The Labute approximate surface area is 102 Å². The molecule has 1 aliphatic rings. The number of ether oxygens (including phenoxy) is 1. The normalized spacial score (nSPS) is 31.3. The van der Waals surface area contributed by atoms with Gasteiger partial charge in [-0.1, -0.05) is 6.92 Å². The van der Waals surface area contributed by atoms with Crippen molar-refractivity contribution in [3.05, 3.63) is 21.9 Å². The first-order valence-electron chi connectivity index (χ1n) is 6.05. The molecule has 16 heavy (non-hydrogen) atoms. The van der Waals surface area contributed by atoms with E-state index >= 15 is 0 Å². The fourth-order valence-corrected chi connectivity index (χ4v) is 3.07. The highest BCUT2D eigenvalue weighted by Crippen LogP contribution is 2.30. The Morgan fingerprint density at radius 2 is 2.44 bits per heavy atom. The van der Waals surface area contributed by atoms with E-state index in [1.807, 2.05) is 11.3 Å². The molecule has 0 radical (unpaired) electrons. The molecular weight excluding hydrogens is 218 g/mol. The van der Waals surface area contributed by atoms with E-state index in [0.717, 1.165) is 26.0 Å². The summed E-state index contributed by atoms with van der Waals surface area (Å²) >= 11 is 1.81. The molecule has 2 nitrogen and oxygen atoms in total. The van der Waals surface area contributed by atoms with E-state index in [9.17, 15) is 0 Å². The van der Waals surface area contributed by atoms with E-state index in [1.54, 1.807) is 0 Å². The third kappa shape index (κ3) is 2.47. The van der Waals surface area contributed by atoms with Crippen molar-refractivity contribution in [3.8, 4) is 0 Å². The van der Waals surface area contributed by atoms with Crippen LogP contribution in [0.4, 0.5) is 0 Å². The Hall–Kier alpha value is -0.380. The molecule has 3 heteroatoms. The molecule has 1 N–H and O–H groups in total. The van der Waals surface area contributed by atoms with Crippen LogP contribution < -0.4 is 5.32 Å². The Kier molecular flexibility index (Phi) is 3.67. The van der Waals surface area contributed by atoms with Crippen molar-refractivity contribution in [2.24, 2.45) is 0 Å². The van der Waals surface area contributed by atoms with Gasteiger partial charge in [-0.15, -0.1) is 11.3 Å². The first kappa shape index (κ1) is 12.1.